The molecule has 1 aliphatic rings. The number of amides is 1. The highest BCUT2D eigenvalue weighted by molar-refractivity contribution is 5.90. The summed E-state index contributed by atoms with van der Waals surface area (Å²) in [6, 6.07) is 0. The SMILES string of the molecule is CCN(CC)C(=O)C1(C)C=C1. The molecule has 62 valence electrons. The molecule has 0 aromatic heterocycles. The van der Waals surface area contributed by atoms with E-state index in [4.69, 9.17) is 0 Å². The first-order valence-corrected chi connectivity index (χ1v) is 4.14. The third kappa shape index (κ3) is 1.44. The molecule has 0 aliphatic heterocycles. The maximum atomic E-state index is 11.6. The minimum atomic E-state index is -0.230. The van der Waals surface area contributed by atoms with Crippen molar-refractivity contribution in [2.24, 2.45) is 5.41 Å². The van der Waals surface area contributed by atoms with Gasteiger partial charge in [-0.15, -0.1) is 0 Å². The van der Waals surface area contributed by atoms with E-state index in [-0.39, 0.29) is 11.3 Å². The monoisotopic (exact) mass is 153 g/mol. The van der Waals surface area contributed by atoms with Crippen molar-refractivity contribution >= 4 is 5.91 Å². The van der Waals surface area contributed by atoms with Gasteiger partial charge in [0.1, 0.15) is 0 Å². The van der Waals surface area contributed by atoms with Crippen LogP contribution in [0, 0.1) is 5.41 Å². The zero-order valence-corrected chi connectivity index (χ0v) is 7.42. The molecule has 1 rings (SSSR count). The van der Waals surface area contributed by atoms with Gasteiger partial charge < -0.3 is 4.90 Å². The summed E-state index contributed by atoms with van der Waals surface area (Å²) in [5.74, 6) is 0.238. The van der Waals surface area contributed by atoms with Crippen LogP contribution in [0.3, 0.4) is 0 Å². The summed E-state index contributed by atoms with van der Waals surface area (Å²) < 4.78 is 0. The number of nitrogens with zero attached hydrogens (tertiary/aromatic N) is 1. The predicted molar refractivity (Wildman–Crippen MR) is 45.2 cm³/mol. The second-order valence-electron chi connectivity index (χ2n) is 3.09. The number of rotatable bonds is 3. The van der Waals surface area contributed by atoms with Crippen LogP contribution in [-0.2, 0) is 4.79 Å². The van der Waals surface area contributed by atoms with Gasteiger partial charge in [-0.2, -0.15) is 0 Å². The van der Waals surface area contributed by atoms with E-state index in [1.807, 2.05) is 37.8 Å². The summed E-state index contributed by atoms with van der Waals surface area (Å²) in [5.41, 5.74) is -0.230. The van der Waals surface area contributed by atoms with Gasteiger partial charge in [0.2, 0.25) is 5.91 Å². The summed E-state index contributed by atoms with van der Waals surface area (Å²) >= 11 is 0. The van der Waals surface area contributed by atoms with Crippen molar-refractivity contribution in [2.45, 2.75) is 20.8 Å². The molecule has 0 radical (unpaired) electrons. The highest BCUT2D eigenvalue weighted by Crippen LogP contribution is 2.35. The van der Waals surface area contributed by atoms with Crippen LogP contribution in [-0.4, -0.2) is 23.9 Å². The van der Waals surface area contributed by atoms with E-state index in [0.717, 1.165) is 13.1 Å². The molecular formula is C9H15NO. The van der Waals surface area contributed by atoms with Crippen LogP contribution in [0.4, 0.5) is 0 Å². The highest BCUT2D eigenvalue weighted by Gasteiger charge is 2.38. The van der Waals surface area contributed by atoms with Crippen LogP contribution in [0.1, 0.15) is 20.8 Å². The molecule has 0 atom stereocenters. The minimum Gasteiger partial charge on any atom is -0.342 e. The van der Waals surface area contributed by atoms with Crippen LogP contribution in [0.2, 0.25) is 0 Å². The summed E-state index contributed by atoms with van der Waals surface area (Å²) in [6.07, 6.45) is 3.90. The highest BCUT2D eigenvalue weighted by atomic mass is 16.2. The Hall–Kier alpha value is -0.790. The van der Waals surface area contributed by atoms with Crippen LogP contribution >= 0.6 is 0 Å². The van der Waals surface area contributed by atoms with Gasteiger partial charge in [-0.25, -0.2) is 0 Å². The first-order chi connectivity index (χ1) is 5.14. The van der Waals surface area contributed by atoms with Crippen molar-refractivity contribution in [3.8, 4) is 0 Å². The quantitative estimate of drug-likeness (QED) is 0.562. The van der Waals surface area contributed by atoms with E-state index in [0.29, 0.717) is 0 Å². The van der Waals surface area contributed by atoms with Crippen molar-refractivity contribution in [1.29, 1.82) is 0 Å². The number of hydrogen-bond donors (Lipinski definition) is 0. The predicted octanol–water partition coefficient (Wildman–Crippen LogP) is 1.43. The van der Waals surface area contributed by atoms with E-state index in [9.17, 15) is 4.79 Å². The lowest BCUT2D eigenvalue weighted by Gasteiger charge is -2.22. The van der Waals surface area contributed by atoms with E-state index in [1.165, 1.54) is 0 Å². The van der Waals surface area contributed by atoms with Crippen molar-refractivity contribution in [3.63, 3.8) is 0 Å². The van der Waals surface area contributed by atoms with Crippen LogP contribution in [0.5, 0.6) is 0 Å². The second kappa shape index (κ2) is 2.68. The molecule has 0 saturated carbocycles. The van der Waals surface area contributed by atoms with E-state index < -0.39 is 0 Å². The van der Waals surface area contributed by atoms with Gasteiger partial charge in [0, 0.05) is 13.1 Å². The lowest BCUT2D eigenvalue weighted by molar-refractivity contribution is -0.134. The molecule has 0 bridgehead atoms. The van der Waals surface area contributed by atoms with Gasteiger partial charge in [0.25, 0.3) is 0 Å². The average molecular weight is 153 g/mol. The largest absolute Gasteiger partial charge is 0.342 e. The van der Waals surface area contributed by atoms with Crippen molar-refractivity contribution in [2.75, 3.05) is 13.1 Å². The summed E-state index contributed by atoms with van der Waals surface area (Å²) in [6.45, 7) is 7.59. The van der Waals surface area contributed by atoms with Gasteiger partial charge in [-0.1, -0.05) is 12.2 Å². The fourth-order valence-corrected chi connectivity index (χ4v) is 1.12. The molecule has 2 nitrogen and oxygen atoms in total. The van der Waals surface area contributed by atoms with Gasteiger partial charge in [0.05, 0.1) is 5.41 Å². The van der Waals surface area contributed by atoms with Gasteiger partial charge in [-0.3, -0.25) is 4.79 Å². The Bertz CT molecular complexity index is 186. The Kier molecular flexibility index (Phi) is 2.03. The van der Waals surface area contributed by atoms with Gasteiger partial charge in [-0.05, 0) is 20.8 Å². The molecule has 1 aliphatic carbocycles. The average Bonchev–Trinajstić information content (AvgIpc) is 2.72. The first kappa shape index (κ1) is 8.31. The molecule has 0 unspecified atom stereocenters. The summed E-state index contributed by atoms with van der Waals surface area (Å²) in [7, 11) is 0. The zero-order chi connectivity index (χ0) is 8.48. The molecule has 1 amide bonds. The van der Waals surface area contributed by atoms with E-state index in [2.05, 4.69) is 0 Å². The Morgan fingerprint density at radius 2 is 1.82 bits per heavy atom. The van der Waals surface area contributed by atoms with Crippen molar-refractivity contribution in [1.82, 2.24) is 4.90 Å². The Labute approximate surface area is 67.9 Å². The molecule has 2 heteroatoms. The van der Waals surface area contributed by atoms with Crippen molar-refractivity contribution in [3.05, 3.63) is 12.2 Å². The van der Waals surface area contributed by atoms with Crippen LogP contribution in [0.15, 0.2) is 12.2 Å². The van der Waals surface area contributed by atoms with Crippen molar-refractivity contribution < 1.29 is 4.79 Å². The molecule has 0 spiro atoms. The maximum absolute atomic E-state index is 11.6. The number of hydrogen-bond acceptors (Lipinski definition) is 1. The summed E-state index contributed by atoms with van der Waals surface area (Å²) in [5, 5.41) is 0. The topological polar surface area (TPSA) is 20.3 Å². The molecular weight excluding hydrogens is 138 g/mol. The van der Waals surface area contributed by atoms with Gasteiger partial charge >= 0.3 is 0 Å². The third-order valence-corrected chi connectivity index (χ3v) is 2.18. The molecule has 0 saturated heterocycles. The Morgan fingerprint density at radius 3 is 2.09 bits per heavy atom. The number of carbonyl (C=O) groups excluding carboxylic acids is 1. The Morgan fingerprint density at radius 1 is 1.36 bits per heavy atom. The fourth-order valence-electron chi connectivity index (χ4n) is 1.12. The molecule has 0 fully saturated rings. The minimum absolute atomic E-state index is 0.230. The third-order valence-electron chi connectivity index (χ3n) is 2.18. The molecule has 11 heavy (non-hydrogen) atoms. The first-order valence-electron chi connectivity index (χ1n) is 4.14. The molecule has 0 heterocycles. The molecule has 0 aromatic carbocycles. The smallest absolute Gasteiger partial charge is 0.236 e. The lowest BCUT2D eigenvalue weighted by Crippen LogP contribution is -2.36. The van der Waals surface area contributed by atoms with Crippen LogP contribution in [0.25, 0.3) is 0 Å². The lowest BCUT2D eigenvalue weighted by atomic mass is 10.1. The number of carbonyl (C=O) groups is 1. The maximum Gasteiger partial charge on any atom is 0.236 e. The normalized spacial score (nSPS) is 18.1. The van der Waals surface area contributed by atoms with E-state index >= 15 is 0 Å². The second-order valence-corrected chi connectivity index (χ2v) is 3.09. The zero-order valence-electron chi connectivity index (χ0n) is 7.42. The summed E-state index contributed by atoms with van der Waals surface area (Å²) in [4.78, 5) is 13.4. The van der Waals surface area contributed by atoms with E-state index in [1.54, 1.807) is 0 Å². The van der Waals surface area contributed by atoms with Gasteiger partial charge in [0.15, 0.2) is 0 Å². The Balaban J connectivity index is 2.52. The molecule has 0 N–H and O–H groups in total. The molecule has 0 aromatic rings. The fraction of sp³-hybridized carbons (Fsp3) is 0.667. The standard InChI is InChI=1S/C9H15NO/c1-4-10(5-2)8(11)9(3)6-7-9/h6-7H,4-5H2,1-3H3. The van der Waals surface area contributed by atoms with Crippen LogP contribution < -0.4 is 0 Å².